The van der Waals surface area contributed by atoms with Gasteiger partial charge in [0, 0.05) is 38.8 Å². The molecule has 2 heterocycles. The summed E-state index contributed by atoms with van der Waals surface area (Å²) in [6, 6.07) is 2.57. The fourth-order valence-electron chi connectivity index (χ4n) is 3.42. The quantitative estimate of drug-likeness (QED) is 0.788. The minimum atomic E-state index is -3.91. The maximum absolute atomic E-state index is 13.6. The van der Waals surface area contributed by atoms with Crippen molar-refractivity contribution in [3.63, 3.8) is 0 Å². The van der Waals surface area contributed by atoms with E-state index in [1.54, 1.807) is 0 Å². The van der Waals surface area contributed by atoms with Gasteiger partial charge in [-0.3, -0.25) is 4.90 Å². The maximum Gasteiger partial charge on any atom is 0.243 e. The van der Waals surface area contributed by atoms with Crippen molar-refractivity contribution < 1.29 is 21.9 Å². The molecule has 1 aromatic carbocycles. The van der Waals surface area contributed by atoms with Crippen molar-refractivity contribution in [3.8, 4) is 0 Å². The Kier molecular flexibility index (Phi) is 6.57. The topological polar surface area (TPSA) is 61.9 Å². The molecule has 2 fully saturated rings. The molecule has 3 rings (SSSR count). The normalized spacial score (nSPS) is 22.7. The molecule has 1 aromatic rings. The van der Waals surface area contributed by atoms with Gasteiger partial charge in [-0.05, 0) is 37.6 Å². The molecule has 146 valence electrons. The number of sulfonamides is 1. The zero-order valence-corrected chi connectivity index (χ0v) is 15.5. The predicted octanol–water partition coefficient (Wildman–Crippen LogP) is 1.04. The Morgan fingerprint density at radius 3 is 2.65 bits per heavy atom. The fourth-order valence-corrected chi connectivity index (χ4v) is 5.07. The van der Waals surface area contributed by atoms with Crippen LogP contribution >= 0.6 is 0 Å². The number of rotatable bonds is 6. The summed E-state index contributed by atoms with van der Waals surface area (Å²) in [5.41, 5.74) is 0. The first-order valence-electron chi connectivity index (χ1n) is 8.96. The Labute approximate surface area is 153 Å². The van der Waals surface area contributed by atoms with E-state index < -0.39 is 21.7 Å². The SMILES string of the molecule is O=S(=O)(c1ccc(F)c(F)c1)N(CCN1CCOCC1)C1CCCNC1. The average molecular weight is 389 g/mol. The molecule has 0 amide bonds. The first kappa shape index (κ1) is 19.6. The lowest BCUT2D eigenvalue weighted by Gasteiger charge is -2.36. The summed E-state index contributed by atoms with van der Waals surface area (Å²) >= 11 is 0. The zero-order valence-electron chi connectivity index (χ0n) is 14.7. The van der Waals surface area contributed by atoms with Crippen LogP contribution < -0.4 is 5.32 Å². The summed E-state index contributed by atoms with van der Waals surface area (Å²) in [5.74, 6) is -2.20. The van der Waals surface area contributed by atoms with E-state index in [0.29, 0.717) is 32.8 Å². The molecule has 0 spiro atoms. The Bertz CT molecular complexity index is 705. The third kappa shape index (κ3) is 4.58. The smallest absolute Gasteiger partial charge is 0.243 e. The summed E-state index contributed by atoms with van der Waals surface area (Å²) in [5, 5.41) is 3.22. The Morgan fingerprint density at radius 1 is 1.23 bits per heavy atom. The molecule has 26 heavy (non-hydrogen) atoms. The van der Waals surface area contributed by atoms with Crippen LogP contribution in [0.25, 0.3) is 0 Å². The van der Waals surface area contributed by atoms with Gasteiger partial charge in [0.1, 0.15) is 0 Å². The van der Waals surface area contributed by atoms with E-state index in [2.05, 4.69) is 10.2 Å². The van der Waals surface area contributed by atoms with E-state index >= 15 is 0 Å². The van der Waals surface area contributed by atoms with E-state index in [-0.39, 0.29) is 10.9 Å². The second kappa shape index (κ2) is 8.71. The van der Waals surface area contributed by atoms with Gasteiger partial charge >= 0.3 is 0 Å². The largest absolute Gasteiger partial charge is 0.379 e. The standard InChI is InChI=1S/C17H25F2N3O3S/c18-16-4-3-15(12-17(16)19)26(23,24)22(14-2-1-5-20-13-14)7-6-21-8-10-25-11-9-21/h3-4,12,14,20H,1-2,5-11,13H2. The van der Waals surface area contributed by atoms with Crippen molar-refractivity contribution in [1.29, 1.82) is 0 Å². The van der Waals surface area contributed by atoms with Crippen LogP contribution in [0.3, 0.4) is 0 Å². The number of hydrogen-bond donors (Lipinski definition) is 1. The van der Waals surface area contributed by atoms with Crippen molar-refractivity contribution >= 4 is 10.0 Å². The van der Waals surface area contributed by atoms with Crippen LogP contribution in [0.2, 0.25) is 0 Å². The Morgan fingerprint density at radius 2 is 2.00 bits per heavy atom. The highest BCUT2D eigenvalue weighted by Crippen LogP contribution is 2.23. The molecular weight excluding hydrogens is 364 g/mol. The third-order valence-electron chi connectivity index (χ3n) is 4.92. The molecule has 1 atom stereocenters. The maximum atomic E-state index is 13.6. The second-order valence-corrected chi connectivity index (χ2v) is 8.54. The van der Waals surface area contributed by atoms with Crippen molar-refractivity contribution in [1.82, 2.24) is 14.5 Å². The van der Waals surface area contributed by atoms with Gasteiger partial charge < -0.3 is 10.1 Å². The van der Waals surface area contributed by atoms with Gasteiger partial charge in [0.15, 0.2) is 11.6 Å². The number of benzene rings is 1. The van der Waals surface area contributed by atoms with Crippen LogP contribution in [-0.4, -0.2) is 76.1 Å². The molecule has 0 aromatic heterocycles. The van der Waals surface area contributed by atoms with Crippen LogP contribution in [0.15, 0.2) is 23.1 Å². The molecule has 2 aliphatic heterocycles. The first-order valence-corrected chi connectivity index (χ1v) is 10.4. The number of nitrogens with zero attached hydrogens (tertiary/aromatic N) is 2. The van der Waals surface area contributed by atoms with Gasteiger partial charge in [0.2, 0.25) is 10.0 Å². The molecule has 1 unspecified atom stereocenters. The number of piperidine rings is 1. The van der Waals surface area contributed by atoms with Gasteiger partial charge in [0.25, 0.3) is 0 Å². The van der Waals surface area contributed by atoms with Crippen LogP contribution in [0.4, 0.5) is 8.78 Å². The fraction of sp³-hybridized carbons (Fsp3) is 0.647. The molecule has 0 aliphatic carbocycles. The predicted molar refractivity (Wildman–Crippen MR) is 93.4 cm³/mol. The summed E-state index contributed by atoms with van der Waals surface area (Å²) in [4.78, 5) is 1.96. The van der Waals surface area contributed by atoms with Gasteiger partial charge in [-0.1, -0.05) is 0 Å². The van der Waals surface area contributed by atoms with Gasteiger partial charge in [0.05, 0.1) is 18.1 Å². The lowest BCUT2D eigenvalue weighted by Crippen LogP contribution is -2.51. The van der Waals surface area contributed by atoms with Crippen molar-refractivity contribution in [2.45, 2.75) is 23.8 Å². The van der Waals surface area contributed by atoms with Gasteiger partial charge in [-0.15, -0.1) is 0 Å². The first-order chi connectivity index (χ1) is 12.5. The van der Waals surface area contributed by atoms with Gasteiger partial charge in [-0.2, -0.15) is 4.31 Å². The Hall–Kier alpha value is -1.13. The van der Waals surface area contributed by atoms with Crippen LogP contribution in [0.5, 0.6) is 0 Å². The average Bonchev–Trinajstić information content (AvgIpc) is 2.65. The molecule has 9 heteroatoms. The number of hydrogen-bond acceptors (Lipinski definition) is 5. The summed E-state index contributed by atoms with van der Waals surface area (Å²) in [6.07, 6.45) is 1.63. The third-order valence-corrected chi connectivity index (χ3v) is 6.86. The second-order valence-electron chi connectivity index (χ2n) is 6.65. The number of morpholine rings is 1. The highest BCUT2D eigenvalue weighted by molar-refractivity contribution is 7.89. The molecule has 0 radical (unpaired) electrons. The van der Waals surface area contributed by atoms with Crippen LogP contribution in [0, 0.1) is 11.6 Å². The molecule has 2 saturated heterocycles. The Balaban J connectivity index is 1.81. The highest BCUT2D eigenvalue weighted by Gasteiger charge is 2.33. The number of ether oxygens (including phenoxy) is 1. The highest BCUT2D eigenvalue weighted by atomic mass is 32.2. The van der Waals surface area contributed by atoms with E-state index in [1.165, 1.54) is 4.31 Å². The molecule has 2 aliphatic rings. The van der Waals surface area contributed by atoms with Crippen molar-refractivity contribution in [2.24, 2.45) is 0 Å². The minimum absolute atomic E-state index is 0.192. The molecule has 1 N–H and O–H groups in total. The van der Waals surface area contributed by atoms with E-state index in [0.717, 1.165) is 50.7 Å². The van der Waals surface area contributed by atoms with Crippen molar-refractivity contribution in [3.05, 3.63) is 29.8 Å². The van der Waals surface area contributed by atoms with E-state index in [4.69, 9.17) is 4.74 Å². The molecular formula is C17H25F2N3O3S. The van der Waals surface area contributed by atoms with Crippen molar-refractivity contribution in [2.75, 3.05) is 52.5 Å². The summed E-state index contributed by atoms with van der Waals surface area (Å²) in [7, 11) is -3.91. The van der Waals surface area contributed by atoms with E-state index in [1.807, 2.05) is 0 Å². The lowest BCUT2D eigenvalue weighted by molar-refractivity contribution is 0.0350. The minimum Gasteiger partial charge on any atom is -0.379 e. The van der Waals surface area contributed by atoms with Crippen LogP contribution in [0.1, 0.15) is 12.8 Å². The lowest BCUT2D eigenvalue weighted by atomic mass is 10.1. The summed E-state index contributed by atoms with van der Waals surface area (Å²) in [6.45, 7) is 5.13. The van der Waals surface area contributed by atoms with E-state index in [9.17, 15) is 17.2 Å². The summed E-state index contributed by atoms with van der Waals surface area (Å²) < 4.78 is 59.9. The molecule has 6 nitrogen and oxygen atoms in total. The van der Waals surface area contributed by atoms with Crippen LogP contribution in [-0.2, 0) is 14.8 Å². The van der Waals surface area contributed by atoms with Gasteiger partial charge in [-0.25, -0.2) is 17.2 Å². The number of nitrogens with one attached hydrogen (secondary N) is 1. The zero-order chi connectivity index (χ0) is 18.6. The molecule has 0 bridgehead atoms. The monoisotopic (exact) mass is 389 g/mol. The number of halogens is 2. The molecule has 0 saturated carbocycles.